The van der Waals surface area contributed by atoms with E-state index in [4.69, 9.17) is 5.73 Å². The van der Waals surface area contributed by atoms with Gasteiger partial charge in [0.25, 0.3) is 0 Å². The molecule has 3 N–H and O–H groups in total. The molecule has 0 aromatic heterocycles. The molecule has 0 amide bonds. The van der Waals surface area contributed by atoms with Crippen molar-refractivity contribution in [3.8, 4) is 0 Å². The van der Waals surface area contributed by atoms with Crippen LogP contribution < -0.4 is 11.1 Å². The first-order chi connectivity index (χ1) is 8.56. The number of rotatable bonds is 4. The van der Waals surface area contributed by atoms with Crippen LogP contribution in [0.2, 0.25) is 0 Å². The van der Waals surface area contributed by atoms with Crippen molar-refractivity contribution >= 4 is 10.8 Å². The molecule has 18 heavy (non-hydrogen) atoms. The topological polar surface area (TPSA) is 38.0 Å². The largest absolute Gasteiger partial charge is 0.323 e. The van der Waals surface area contributed by atoms with Crippen LogP contribution in [0.15, 0.2) is 36.4 Å². The molecule has 0 saturated carbocycles. The lowest BCUT2D eigenvalue weighted by molar-refractivity contribution is 0.538. The predicted octanol–water partition coefficient (Wildman–Crippen LogP) is 3.15. The Morgan fingerprint density at radius 3 is 2.44 bits per heavy atom. The molecule has 0 aliphatic rings. The lowest BCUT2D eigenvalue weighted by Crippen LogP contribution is -2.31. The van der Waals surface area contributed by atoms with Gasteiger partial charge >= 0.3 is 0 Å². The van der Waals surface area contributed by atoms with E-state index in [1.165, 1.54) is 21.9 Å². The maximum absolute atomic E-state index is 6.20. The van der Waals surface area contributed by atoms with E-state index >= 15 is 0 Å². The van der Waals surface area contributed by atoms with Gasteiger partial charge in [-0.3, -0.25) is 0 Å². The summed E-state index contributed by atoms with van der Waals surface area (Å²) in [4.78, 5) is 0. The van der Waals surface area contributed by atoms with Gasteiger partial charge in [0.05, 0.1) is 0 Å². The fourth-order valence-corrected chi connectivity index (χ4v) is 2.09. The number of nitrogens with two attached hydrogens (primary N) is 1. The minimum Gasteiger partial charge on any atom is -0.323 e. The number of fused-ring (bicyclic) bond motifs is 1. The highest BCUT2D eigenvalue weighted by molar-refractivity contribution is 5.83. The fourth-order valence-electron chi connectivity index (χ4n) is 2.09. The van der Waals surface area contributed by atoms with E-state index in [1.54, 1.807) is 0 Å². The third-order valence-electron chi connectivity index (χ3n) is 3.19. The Hall–Kier alpha value is -1.38. The first-order valence-electron chi connectivity index (χ1n) is 6.55. The smallest absolute Gasteiger partial charge is 0.0422 e. The van der Waals surface area contributed by atoms with Crippen molar-refractivity contribution in [2.75, 3.05) is 6.54 Å². The van der Waals surface area contributed by atoms with E-state index in [1.807, 2.05) is 0 Å². The molecule has 0 radical (unpaired) electrons. The highest BCUT2D eigenvalue weighted by Crippen LogP contribution is 2.20. The zero-order chi connectivity index (χ0) is 13.1. The molecule has 2 aromatic carbocycles. The molecular weight excluding hydrogens is 220 g/mol. The molecule has 2 heteroatoms. The van der Waals surface area contributed by atoms with Gasteiger partial charge in [-0.05, 0) is 29.3 Å². The molecule has 96 valence electrons. The predicted molar refractivity (Wildman–Crippen MR) is 78.8 cm³/mol. The molecule has 2 nitrogen and oxygen atoms in total. The van der Waals surface area contributed by atoms with Gasteiger partial charge in [-0.15, -0.1) is 0 Å². The first kappa shape index (κ1) is 13.1. The van der Waals surface area contributed by atoms with Crippen LogP contribution in [0.5, 0.6) is 0 Å². The Bertz CT molecular complexity index is 532. The van der Waals surface area contributed by atoms with Crippen LogP contribution in [-0.4, -0.2) is 12.6 Å². The average Bonchev–Trinajstić information content (AvgIpc) is 2.35. The lowest BCUT2D eigenvalue weighted by atomic mass is 10.0. The molecule has 0 aliphatic heterocycles. The second-order valence-electron chi connectivity index (χ2n) is 5.28. The molecule has 0 aliphatic carbocycles. The van der Waals surface area contributed by atoms with Gasteiger partial charge in [0.15, 0.2) is 0 Å². The zero-order valence-electron chi connectivity index (χ0n) is 11.4. The van der Waals surface area contributed by atoms with E-state index in [9.17, 15) is 0 Å². The summed E-state index contributed by atoms with van der Waals surface area (Å²) < 4.78 is 0. The molecule has 0 fully saturated rings. The molecule has 1 unspecified atom stereocenters. The third-order valence-corrected chi connectivity index (χ3v) is 3.19. The highest BCUT2D eigenvalue weighted by atomic mass is 14.9. The summed E-state index contributed by atoms with van der Waals surface area (Å²) in [6.07, 6.45) is 0. The molecule has 0 saturated heterocycles. The van der Waals surface area contributed by atoms with Gasteiger partial charge in [-0.25, -0.2) is 0 Å². The third kappa shape index (κ3) is 3.09. The molecule has 0 bridgehead atoms. The molecule has 0 spiro atoms. The summed E-state index contributed by atoms with van der Waals surface area (Å²) >= 11 is 0. The van der Waals surface area contributed by atoms with E-state index < -0.39 is 0 Å². The van der Waals surface area contributed by atoms with Crippen LogP contribution in [0.4, 0.5) is 0 Å². The van der Waals surface area contributed by atoms with Crippen molar-refractivity contribution in [2.24, 2.45) is 5.73 Å². The van der Waals surface area contributed by atoms with Crippen molar-refractivity contribution in [3.63, 3.8) is 0 Å². The summed E-state index contributed by atoms with van der Waals surface area (Å²) in [5.41, 5.74) is 8.69. The van der Waals surface area contributed by atoms with E-state index in [0.717, 1.165) is 6.54 Å². The summed E-state index contributed by atoms with van der Waals surface area (Å²) in [5.74, 6) is 0. The van der Waals surface area contributed by atoms with Crippen LogP contribution in [0.25, 0.3) is 10.8 Å². The van der Waals surface area contributed by atoms with E-state index in [-0.39, 0.29) is 6.04 Å². The Labute approximate surface area is 109 Å². The van der Waals surface area contributed by atoms with Crippen LogP contribution >= 0.6 is 0 Å². The summed E-state index contributed by atoms with van der Waals surface area (Å²) in [5, 5.41) is 5.92. The fraction of sp³-hybridized carbons (Fsp3) is 0.375. The Morgan fingerprint density at radius 2 is 1.72 bits per heavy atom. The first-order valence-corrected chi connectivity index (χ1v) is 6.55. The van der Waals surface area contributed by atoms with E-state index in [2.05, 4.69) is 62.5 Å². The standard InChI is InChI=1S/C16H22N2/c1-11(2)18-10-16(17)15-7-6-13-8-12(3)4-5-14(13)9-15/h4-9,11,16,18H,10,17H2,1-3H3. The number of aryl methyl sites for hydroxylation is 1. The molecule has 2 aromatic rings. The summed E-state index contributed by atoms with van der Waals surface area (Å²) in [6, 6.07) is 13.5. The normalized spacial score (nSPS) is 13.2. The average molecular weight is 242 g/mol. The Morgan fingerprint density at radius 1 is 1.06 bits per heavy atom. The number of nitrogens with one attached hydrogen (secondary N) is 1. The Balaban J connectivity index is 2.21. The van der Waals surface area contributed by atoms with Gasteiger partial charge in [0.2, 0.25) is 0 Å². The molecule has 0 heterocycles. The van der Waals surface area contributed by atoms with Gasteiger partial charge in [0.1, 0.15) is 0 Å². The van der Waals surface area contributed by atoms with Gasteiger partial charge in [-0.2, -0.15) is 0 Å². The van der Waals surface area contributed by atoms with Crippen molar-refractivity contribution < 1.29 is 0 Å². The van der Waals surface area contributed by atoms with Gasteiger partial charge in [-0.1, -0.05) is 49.7 Å². The summed E-state index contributed by atoms with van der Waals surface area (Å²) in [6.45, 7) is 7.20. The van der Waals surface area contributed by atoms with Gasteiger partial charge < -0.3 is 11.1 Å². The minimum atomic E-state index is 0.0538. The highest BCUT2D eigenvalue weighted by Gasteiger charge is 2.07. The SMILES string of the molecule is Cc1ccc2cc(C(N)CNC(C)C)ccc2c1. The minimum absolute atomic E-state index is 0.0538. The van der Waals surface area contributed by atoms with Crippen LogP contribution in [0.3, 0.4) is 0 Å². The van der Waals surface area contributed by atoms with Crippen molar-refractivity contribution in [2.45, 2.75) is 32.9 Å². The van der Waals surface area contributed by atoms with Crippen LogP contribution in [0.1, 0.15) is 31.0 Å². The molecule has 1 atom stereocenters. The van der Waals surface area contributed by atoms with Gasteiger partial charge in [0, 0.05) is 18.6 Å². The maximum atomic E-state index is 6.20. The maximum Gasteiger partial charge on any atom is 0.0422 e. The van der Waals surface area contributed by atoms with Crippen molar-refractivity contribution in [3.05, 3.63) is 47.5 Å². The zero-order valence-corrected chi connectivity index (χ0v) is 11.4. The monoisotopic (exact) mass is 242 g/mol. The van der Waals surface area contributed by atoms with E-state index in [0.29, 0.717) is 6.04 Å². The number of benzene rings is 2. The lowest BCUT2D eigenvalue weighted by Gasteiger charge is -2.16. The van der Waals surface area contributed by atoms with Crippen molar-refractivity contribution in [1.29, 1.82) is 0 Å². The quantitative estimate of drug-likeness (QED) is 0.864. The molecule has 2 rings (SSSR count). The molecular formula is C16H22N2. The second-order valence-corrected chi connectivity index (χ2v) is 5.28. The number of hydrogen-bond donors (Lipinski definition) is 2. The number of hydrogen-bond acceptors (Lipinski definition) is 2. The van der Waals surface area contributed by atoms with Crippen molar-refractivity contribution in [1.82, 2.24) is 5.32 Å². The Kier molecular flexibility index (Phi) is 4.00. The summed E-state index contributed by atoms with van der Waals surface area (Å²) in [7, 11) is 0. The van der Waals surface area contributed by atoms with Crippen LogP contribution in [0, 0.1) is 6.92 Å². The second kappa shape index (κ2) is 5.51. The van der Waals surface area contributed by atoms with Crippen LogP contribution in [-0.2, 0) is 0 Å².